The van der Waals surface area contributed by atoms with E-state index in [0.29, 0.717) is 24.9 Å². The minimum Gasteiger partial charge on any atom is -0.497 e. The molecule has 1 aliphatic heterocycles. The third-order valence-electron chi connectivity index (χ3n) is 6.16. The van der Waals surface area contributed by atoms with Gasteiger partial charge in [-0.05, 0) is 41.8 Å². The van der Waals surface area contributed by atoms with E-state index in [2.05, 4.69) is 0 Å². The Morgan fingerprint density at radius 3 is 2.44 bits per heavy atom. The van der Waals surface area contributed by atoms with Crippen molar-refractivity contribution >= 4 is 22.5 Å². The van der Waals surface area contributed by atoms with Crippen LogP contribution in [0.15, 0.2) is 52.1 Å². The van der Waals surface area contributed by atoms with Crippen LogP contribution in [-0.2, 0) is 14.1 Å². The van der Waals surface area contributed by atoms with Gasteiger partial charge in [0.25, 0.3) is 11.5 Å². The van der Waals surface area contributed by atoms with Crippen LogP contribution in [0.1, 0.15) is 33.7 Å². The summed E-state index contributed by atoms with van der Waals surface area (Å²) >= 11 is 0. The first-order valence-electron chi connectivity index (χ1n) is 10.5. The summed E-state index contributed by atoms with van der Waals surface area (Å²) in [6.45, 7) is 0.727. The second-order valence-corrected chi connectivity index (χ2v) is 8.15. The monoisotopic (exact) mass is 435 g/mol. The van der Waals surface area contributed by atoms with Crippen LogP contribution in [0.25, 0.3) is 10.8 Å². The Hall–Kier alpha value is -3.68. The zero-order valence-corrected chi connectivity index (χ0v) is 18.3. The van der Waals surface area contributed by atoms with Crippen molar-refractivity contribution in [2.24, 2.45) is 20.0 Å². The molecule has 2 heterocycles. The third-order valence-corrected chi connectivity index (χ3v) is 6.16. The second kappa shape index (κ2) is 8.45. The Bertz CT molecular complexity index is 1340. The average Bonchev–Trinajstić information content (AvgIpc) is 2.83. The Morgan fingerprint density at radius 2 is 1.69 bits per heavy atom. The molecule has 0 radical (unpaired) electrons. The third kappa shape index (κ3) is 3.84. The van der Waals surface area contributed by atoms with Crippen molar-refractivity contribution in [2.75, 3.05) is 20.2 Å². The van der Waals surface area contributed by atoms with E-state index in [1.54, 1.807) is 18.1 Å². The largest absolute Gasteiger partial charge is 0.497 e. The summed E-state index contributed by atoms with van der Waals surface area (Å²) in [6, 6.07) is 12.4. The van der Waals surface area contributed by atoms with E-state index in [0.717, 1.165) is 21.1 Å². The minimum atomic E-state index is -0.557. The van der Waals surface area contributed by atoms with E-state index in [-0.39, 0.29) is 23.9 Å². The number of carbonyl (C=O) groups is 2. The number of methoxy groups -OCH3 is 1. The summed E-state index contributed by atoms with van der Waals surface area (Å²) < 4.78 is 7.38. The predicted molar refractivity (Wildman–Crippen MR) is 120 cm³/mol. The Kier molecular flexibility index (Phi) is 5.69. The van der Waals surface area contributed by atoms with Crippen molar-refractivity contribution in [1.29, 1.82) is 0 Å². The normalized spacial score (nSPS) is 16.2. The highest BCUT2D eigenvalue weighted by Crippen LogP contribution is 2.26. The van der Waals surface area contributed by atoms with Gasteiger partial charge in [0.1, 0.15) is 11.4 Å². The first-order valence-corrected chi connectivity index (χ1v) is 10.5. The number of hydrogen-bond acceptors (Lipinski definition) is 5. The molecule has 4 rings (SSSR count). The molecule has 1 amide bonds. The Morgan fingerprint density at radius 1 is 0.969 bits per heavy atom. The molecular weight excluding hydrogens is 410 g/mol. The lowest BCUT2D eigenvalue weighted by atomic mass is 9.89. The molecule has 1 aliphatic rings. The van der Waals surface area contributed by atoms with Crippen molar-refractivity contribution in [2.45, 2.75) is 12.8 Å². The molecule has 1 fully saturated rings. The number of carbonyl (C=O) groups excluding carboxylic acids is 2. The molecule has 2 aromatic carbocycles. The zero-order chi connectivity index (χ0) is 23.0. The van der Waals surface area contributed by atoms with Crippen LogP contribution in [0.5, 0.6) is 5.75 Å². The zero-order valence-electron chi connectivity index (χ0n) is 18.3. The summed E-state index contributed by atoms with van der Waals surface area (Å²) in [5, 5.41) is 1.92. The van der Waals surface area contributed by atoms with Gasteiger partial charge in [-0.3, -0.25) is 23.5 Å². The summed E-state index contributed by atoms with van der Waals surface area (Å²) in [4.78, 5) is 52.1. The topological polar surface area (TPSA) is 90.6 Å². The highest BCUT2D eigenvalue weighted by Gasteiger charge is 2.30. The number of likely N-dealkylation sites (tertiary alicyclic amines) is 1. The number of ketones is 1. The molecule has 1 atom stereocenters. The van der Waals surface area contributed by atoms with Gasteiger partial charge in [-0.15, -0.1) is 0 Å². The van der Waals surface area contributed by atoms with Crippen LogP contribution in [0, 0.1) is 5.92 Å². The number of fused-ring (bicyclic) bond motifs is 1. The SMILES string of the molecule is COc1ccc2cc(C(=O)[C@@H]3CCCN(C(=O)c4cc(=O)n(C)c(=O)n4C)C3)ccc2c1. The molecule has 32 heavy (non-hydrogen) atoms. The molecule has 1 aromatic heterocycles. The first-order chi connectivity index (χ1) is 15.3. The maximum absolute atomic E-state index is 13.2. The summed E-state index contributed by atoms with van der Waals surface area (Å²) in [5.41, 5.74) is -0.457. The van der Waals surface area contributed by atoms with E-state index in [1.807, 2.05) is 30.3 Å². The number of hydrogen-bond donors (Lipinski definition) is 0. The van der Waals surface area contributed by atoms with Gasteiger partial charge in [0.15, 0.2) is 5.78 Å². The summed E-state index contributed by atoms with van der Waals surface area (Å²) in [5.74, 6) is -0.0152. The average molecular weight is 435 g/mol. The molecule has 0 saturated carbocycles. The van der Waals surface area contributed by atoms with Crippen LogP contribution in [0.2, 0.25) is 0 Å². The fourth-order valence-corrected chi connectivity index (χ4v) is 4.22. The first kappa shape index (κ1) is 21.5. The van der Waals surface area contributed by atoms with Crippen LogP contribution >= 0.6 is 0 Å². The summed E-state index contributed by atoms with van der Waals surface area (Å²) in [6.07, 6.45) is 1.35. The molecule has 8 nitrogen and oxygen atoms in total. The van der Waals surface area contributed by atoms with Gasteiger partial charge < -0.3 is 9.64 Å². The van der Waals surface area contributed by atoms with Gasteiger partial charge in [-0.1, -0.05) is 18.2 Å². The Labute approximate surface area is 184 Å². The standard InChI is InChI=1S/C24H25N3O5/c1-25-20(13-21(28)26(2)24(25)31)23(30)27-10-4-5-18(14-27)22(29)17-7-6-16-12-19(32-3)9-8-15(16)11-17/h6-9,11-13,18H,4-5,10,14H2,1-3H3/t18-/m1/s1. The van der Waals surface area contributed by atoms with Crippen molar-refractivity contribution in [1.82, 2.24) is 14.0 Å². The van der Waals surface area contributed by atoms with Crippen molar-refractivity contribution in [3.05, 3.63) is 74.6 Å². The van der Waals surface area contributed by atoms with Gasteiger partial charge in [0.05, 0.1) is 7.11 Å². The summed E-state index contributed by atoms with van der Waals surface area (Å²) in [7, 11) is 4.44. The van der Waals surface area contributed by atoms with Crippen molar-refractivity contribution < 1.29 is 14.3 Å². The lowest BCUT2D eigenvalue weighted by Crippen LogP contribution is -2.46. The van der Waals surface area contributed by atoms with Gasteiger partial charge >= 0.3 is 5.69 Å². The maximum atomic E-state index is 13.2. The number of amides is 1. The molecule has 1 saturated heterocycles. The van der Waals surface area contributed by atoms with Gasteiger partial charge in [-0.2, -0.15) is 0 Å². The molecule has 0 spiro atoms. The van der Waals surface area contributed by atoms with Crippen molar-refractivity contribution in [3.8, 4) is 5.75 Å². The molecule has 0 N–H and O–H groups in total. The number of rotatable bonds is 4. The highest BCUT2D eigenvalue weighted by atomic mass is 16.5. The lowest BCUT2D eigenvalue weighted by Gasteiger charge is -2.32. The number of nitrogens with zero attached hydrogens (tertiary/aromatic N) is 3. The fourth-order valence-electron chi connectivity index (χ4n) is 4.22. The van der Waals surface area contributed by atoms with Gasteiger partial charge in [-0.25, -0.2) is 4.79 Å². The maximum Gasteiger partial charge on any atom is 0.331 e. The lowest BCUT2D eigenvalue weighted by molar-refractivity contribution is 0.0627. The predicted octanol–water partition coefficient (Wildman–Crippen LogP) is 1.98. The molecule has 8 heteroatoms. The van der Waals surface area contributed by atoms with E-state index in [1.165, 1.54) is 24.7 Å². The van der Waals surface area contributed by atoms with Gasteiger partial charge in [0.2, 0.25) is 0 Å². The van der Waals surface area contributed by atoms with Crippen molar-refractivity contribution in [3.63, 3.8) is 0 Å². The highest BCUT2D eigenvalue weighted by molar-refractivity contribution is 6.02. The van der Waals surface area contributed by atoms with E-state index < -0.39 is 17.2 Å². The van der Waals surface area contributed by atoms with Crippen LogP contribution in [-0.4, -0.2) is 45.9 Å². The van der Waals surface area contributed by atoms with E-state index in [4.69, 9.17) is 4.74 Å². The molecular formula is C24H25N3O5. The number of ether oxygens (including phenoxy) is 1. The molecule has 0 aliphatic carbocycles. The number of aromatic nitrogens is 2. The number of piperidine rings is 1. The Balaban J connectivity index is 1.57. The molecule has 3 aromatic rings. The molecule has 166 valence electrons. The number of Topliss-reactive ketones (excluding diaryl/α,β-unsaturated/α-hetero) is 1. The van der Waals surface area contributed by atoms with Gasteiger partial charge in [0, 0.05) is 44.7 Å². The second-order valence-electron chi connectivity index (χ2n) is 8.15. The van der Waals surface area contributed by atoms with Crippen LogP contribution in [0.4, 0.5) is 0 Å². The number of benzene rings is 2. The smallest absolute Gasteiger partial charge is 0.331 e. The quantitative estimate of drug-likeness (QED) is 0.585. The van der Waals surface area contributed by atoms with E-state index >= 15 is 0 Å². The van der Waals surface area contributed by atoms with Crippen LogP contribution < -0.4 is 16.0 Å². The molecule has 0 unspecified atom stereocenters. The van der Waals surface area contributed by atoms with Crippen LogP contribution in [0.3, 0.4) is 0 Å². The molecule has 0 bridgehead atoms. The van der Waals surface area contributed by atoms with E-state index in [9.17, 15) is 19.2 Å². The fraction of sp³-hybridized carbons (Fsp3) is 0.333. The minimum absolute atomic E-state index is 0.0157.